The fourth-order valence-electron chi connectivity index (χ4n) is 2.61. The summed E-state index contributed by atoms with van der Waals surface area (Å²) in [6.07, 6.45) is 3.15. The van der Waals surface area contributed by atoms with Crippen LogP contribution in [0.3, 0.4) is 0 Å². The summed E-state index contributed by atoms with van der Waals surface area (Å²) in [7, 11) is 0. The Labute approximate surface area is 145 Å². The molecule has 0 spiro atoms. The quantitative estimate of drug-likeness (QED) is 0.838. The summed E-state index contributed by atoms with van der Waals surface area (Å²) in [5, 5.41) is 9.02. The number of aromatic nitrogens is 1. The third-order valence-electron chi connectivity index (χ3n) is 3.80. The molecule has 2 N–H and O–H groups in total. The molecule has 1 saturated heterocycles. The molecule has 0 saturated carbocycles. The van der Waals surface area contributed by atoms with Gasteiger partial charge < -0.3 is 24.8 Å². The number of benzene rings is 1. The van der Waals surface area contributed by atoms with E-state index in [2.05, 4.69) is 20.3 Å². The Kier molecular flexibility index (Phi) is 5.63. The third-order valence-corrected chi connectivity index (χ3v) is 3.80. The van der Waals surface area contributed by atoms with Crippen molar-refractivity contribution in [3.05, 3.63) is 42.7 Å². The molecule has 1 aliphatic rings. The van der Waals surface area contributed by atoms with Crippen LogP contribution in [0, 0.1) is 0 Å². The second kappa shape index (κ2) is 8.29. The van der Waals surface area contributed by atoms with Crippen LogP contribution in [0.4, 0.5) is 16.3 Å². The average Bonchev–Trinajstić information content (AvgIpc) is 3.29. The minimum absolute atomic E-state index is 0.0543. The fraction of sp³-hybridized carbons (Fsp3) is 0.353. The third kappa shape index (κ3) is 5.05. The highest BCUT2D eigenvalue weighted by Crippen LogP contribution is 2.15. The number of anilines is 2. The van der Waals surface area contributed by atoms with Gasteiger partial charge in [0.25, 0.3) is 0 Å². The monoisotopic (exact) mass is 344 g/mol. The maximum atomic E-state index is 12.6. The van der Waals surface area contributed by atoms with Crippen LogP contribution >= 0.6 is 0 Å². The predicted molar refractivity (Wildman–Crippen MR) is 91.1 cm³/mol. The Morgan fingerprint density at radius 1 is 1.20 bits per heavy atom. The Bertz CT molecular complexity index is 684. The van der Waals surface area contributed by atoms with Gasteiger partial charge in [-0.1, -0.05) is 23.4 Å². The van der Waals surface area contributed by atoms with Crippen LogP contribution in [0.5, 0.6) is 0 Å². The lowest BCUT2D eigenvalue weighted by Crippen LogP contribution is -2.44. The molecule has 1 atom stereocenters. The molecule has 0 bridgehead atoms. The smallest absolute Gasteiger partial charge is 0.322 e. The van der Waals surface area contributed by atoms with Crippen molar-refractivity contribution in [1.29, 1.82) is 0 Å². The van der Waals surface area contributed by atoms with E-state index in [1.807, 2.05) is 18.2 Å². The highest BCUT2D eigenvalue weighted by molar-refractivity contribution is 5.96. The average molecular weight is 344 g/mol. The first-order valence-electron chi connectivity index (χ1n) is 8.13. The van der Waals surface area contributed by atoms with E-state index in [1.165, 1.54) is 17.2 Å². The minimum atomic E-state index is -0.352. The summed E-state index contributed by atoms with van der Waals surface area (Å²) < 4.78 is 10.3. The number of amides is 3. The summed E-state index contributed by atoms with van der Waals surface area (Å²) in [5.74, 6) is -0.0411. The number of carbonyl (C=O) groups excluding carboxylic acids is 2. The Hall–Kier alpha value is -2.87. The standard InChI is InChI=1S/C17H20N4O4/c22-16(19-15-8-10-25-20-15)12-21(11-14-7-4-9-24-14)17(23)18-13-5-2-1-3-6-13/h1-3,5-6,8,10,14H,4,7,9,11-12H2,(H,18,23)(H,19,20,22). The van der Waals surface area contributed by atoms with Crippen LogP contribution < -0.4 is 10.6 Å². The summed E-state index contributed by atoms with van der Waals surface area (Å²) in [4.78, 5) is 26.2. The number of nitrogens with one attached hydrogen (secondary N) is 2. The summed E-state index contributed by atoms with van der Waals surface area (Å²) >= 11 is 0. The maximum absolute atomic E-state index is 12.6. The van der Waals surface area contributed by atoms with Crippen molar-refractivity contribution in [1.82, 2.24) is 10.1 Å². The lowest BCUT2D eigenvalue weighted by atomic mass is 10.2. The molecule has 1 aliphatic heterocycles. The largest absolute Gasteiger partial charge is 0.376 e. The van der Waals surface area contributed by atoms with Gasteiger partial charge in [-0.25, -0.2) is 4.79 Å². The van der Waals surface area contributed by atoms with E-state index in [4.69, 9.17) is 4.74 Å². The second-order valence-electron chi connectivity index (χ2n) is 5.74. The summed E-state index contributed by atoms with van der Waals surface area (Å²) in [5.41, 5.74) is 0.668. The normalized spacial score (nSPS) is 16.4. The molecule has 3 amide bonds. The zero-order chi connectivity index (χ0) is 17.5. The van der Waals surface area contributed by atoms with Gasteiger partial charge in [-0.2, -0.15) is 0 Å². The number of nitrogens with zero attached hydrogens (tertiary/aromatic N) is 2. The molecular formula is C17H20N4O4. The van der Waals surface area contributed by atoms with Crippen molar-refractivity contribution in [2.75, 3.05) is 30.3 Å². The lowest BCUT2D eigenvalue weighted by Gasteiger charge is -2.25. The van der Waals surface area contributed by atoms with Gasteiger partial charge in [0.1, 0.15) is 12.8 Å². The molecular weight excluding hydrogens is 324 g/mol. The maximum Gasteiger partial charge on any atom is 0.322 e. The second-order valence-corrected chi connectivity index (χ2v) is 5.74. The lowest BCUT2D eigenvalue weighted by molar-refractivity contribution is -0.117. The van der Waals surface area contributed by atoms with Crippen LogP contribution in [-0.4, -0.2) is 47.8 Å². The van der Waals surface area contributed by atoms with Crippen LogP contribution in [-0.2, 0) is 9.53 Å². The number of hydrogen-bond donors (Lipinski definition) is 2. The number of carbonyl (C=O) groups is 2. The number of para-hydroxylation sites is 1. The first-order valence-corrected chi connectivity index (χ1v) is 8.13. The number of rotatable bonds is 6. The molecule has 3 rings (SSSR count). The van der Waals surface area contributed by atoms with Crippen molar-refractivity contribution >= 4 is 23.4 Å². The molecule has 2 aromatic rings. The Balaban J connectivity index is 1.63. The van der Waals surface area contributed by atoms with Crippen molar-refractivity contribution in [3.8, 4) is 0 Å². The minimum Gasteiger partial charge on any atom is -0.376 e. The zero-order valence-electron chi connectivity index (χ0n) is 13.7. The van der Waals surface area contributed by atoms with E-state index < -0.39 is 0 Å². The molecule has 25 heavy (non-hydrogen) atoms. The van der Waals surface area contributed by atoms with Crippen molar-refractivity contribution < 1.29 is 18.8 Å². The summed E-state index contributed by atoms with van der Waals surface area (Å²) in [6, 6.07) is 10.3. The van der Waals surface area contributed by atoms with Gasteiger partial charge in [0.2, 0.25) is 5.91 Å². The van der Waals surface area contributed by atoms with Crippen LogP contribution in [0.25, 0.3) is 0 Å². The van der Waals surface area contributed by atoms with Crippen molar-refractivity contribution in [2.45, 2.75) is 18.9 Å². The van der Waals surface area contributed by atoms with E-state index >= 15 is 0 Å². The predicted octanol–water partition coefficient (Wildman–Crippen LogP) is 2.33. The Morgan fingerprint density at radius 2 is 2.04 bits per heavy atom. The van der Waals surface area contributed by atoms with Crippen LogP contribution in [0.1, 0.15) is 12.8 Å². The first kappa shape index (κ1) is 17.0. The van der Waals surface area contributed by atoms with Gasteiger partial charge in [-0.15, -0.1) is 0 Å². The van der Waals surface area contributed by atoms with Gasteiger partial charge >= 0.3 is 6.03 Å². The van der Waals surface area contributed by atoms with Crippen LogP contribution in [0.15, 0.2) is 47.2 Å². The molecule has 2 heterocycles. The molecule has 132 valence electrons. The van der Waals surface area contributed by atoms with Crippen molar-refractivity contribution in [3.63, 3.8) is 0 Å². The summed E-state index contributed by atoms with van der Waals surface area (Å²) in [6.45, 7) is 0.931. The van der Waals surface area contributed by atoms with Gasteiger partial charge in [0.15, 0.2) is 5.82 Å². The van der Waals surface area contributed by atoms with Gasteiger partial charge in [-0.3, -0.25) is 4.79 Å². The number of urea groups is 1. The first-order chi connectivity index (χ1) is 12.2. The molecule has 1 fully saturated rings. The van der Waals surface area contributed by atoms with Gasteiger partial charge in [-0.05, 0) is 25.0 Å². The highest BCUT2D eigenvalue weighted by Gasteiger charge is 2.24. The van der Waals surface area contributed by atoms with E-state index in [9.17, 15) is 9.59 Å². The van der Waals surface area contributed by atoms with Gasteiger partial charge in [0.05, 0.1) is 6.10 Å². The van der Waals surface area contributed by atoms with E-state index in [0.717, 1.165) is 12.8 Å². The molecule has 1 unspecified atom stereocenters. The zero-order valence-corrected chi connectivity index (χ0v) is 13.7. The van der Waals surface area contributed by atoms with E-state index in [0.29, 0.717) is 24.7 Å². The molecule has 8 nitrogen and oxygen atoms in total. The molecule has 8 heteroatoms. The number of ether oxygens (including phenoxy) is 1. The van der Waals surface area contributed by atoms with E-state index in [-0.39, 0.29) is 24.6 Å². The van der Waals surface area contributed by atoms with Gasteiger partial charge in [0, 0.05) is 24.9 Å². The van der Waals surface area contributed by atoms with E-state index in [1.54, 1.807) is 12.1 Å². The molecule has 1 aromatic carbocycles. The molecule has 0 radical (unpaired) electrons. The Morgan fingerprint density at radius 3 is 2.72 bits per heavy atom. The molecule has 1 aromatic heterocycles. The SMILES string of the molecule is O=C(CN(CC1CCCO1)C(=O)Nc1ccccc1)Nc1ccon1. The highest BCUT2D eigenvalue weighted by atomic mass is 16.5. The fourth-order valence-corrected chi connectivity index (χ4v) is 2.61. The molecule has 0 aliphatic carbocycles. The van der Waals surface area contributed by atoms with Crippen LogP contribution in [0.2, 0.25) is 0 Å². The number of hydrogen-bond acceptors (Lipinski definition) is 5. The topological polar surface area (TPSA) is 96.7 Å². The van der Waals surface area contributed by atoms with Crippen molar-refractivity contribution in [2.24, 2.45) is 0 Å².